The van der Waals surface area contributed by atoms with Gasteiger partial charge in [-0.25, -0.2) is 4.79 Å². The van der Waals surface area contributed by atoms with Gasteiger partial charge in [-0.1, -0.05) is 20.3 Å². The smallest absolute Gasteiger partial charge is 0.326 e. The van der Waals surface area contributed by atoms with Crippen molar-refractivity contribution < 1.29 is 29.1 Å². The Kier molecular flexibility index (Phi) is 9.53. The quantitative estimate of drug-likeness (QED) is 0.267. The van der Waals surface area contributed by atoms with Crippen molar-refractivity contribution in [2.75, 3.05) is 13.1 Å². The topological polar surface area (TPSA) is 185 Å². The molecule has 1 rings (SSSR count). The number of rotatable bonds is 11. The Morgan fingerprint density at radius 2 is 1.86 bits per heavy atom. The number of hydrogen-bond donors (Lipinski definition) is 5. The molecule has 4 amide bonds. The van der Waals surface area contributed by atoms with Crippen molar-refractivity contribution in [3.05, 3.63) is 0 Å². The van der Waals surface area contributed by atoms with E-state index >= 15 is 0 Å². The highest BCUT2D eigenvalue weighted by atomic mass is 16.4. The van der Waals surface area contributed by atoms with Crippen molar-refractivity contribution in [2.45, 2.75) is 64.1 Å². The van der Waals surface area contributed by atoms with E-state index in [1.54, 1.807) is 6.92 Å². The van der Waals surface area contributed by atoms with Crippen LogP contribution in [0.2, 0.25) is 0 Å². The summed E-state index contributed by atoms with van der Waals surface area (Å²) in [5.41, 5.74) is 10.8. The fourth-order valence-corrected chi connectivity index (χ4v) is 3.09. The van der Waals surface area contributed by atoms with Gasteiger partial charge >= 0.3 is 5.97 Å². The molecule has 11 heteroatoms. The van der Waals surface area contributed by atoms with Gasteiger partial charge in [0.25, 0.3) is 0 Å². The van der Waals surface area contributed by atoms with Gasteiger partial charge in [0.15, 0.2) is 0 Å². The maximum atomic E-state index is 12.6. The Hall–Kier alpha value is -2.69. The molecular weight excluding hydrogens is 382 g/mol. The summed E-state index contributed by atoms with van der Waals surface area (Å²) >= 11 is 0. The van der Waals surface area contributed by atoms with Gasteiger partial charge in [-0.2, -0.15) is 0 Å². The van der Waals surface area contributed by atoms with Crippen LogP contribution in [0.3, 0.4) is 0 Å². The zero-order valence-electron chi connectivity index (χ0n) is 16.8. The maximum Gasteiger partial charge on any atom is 0.326 e. The molecule has 164 valence electrons. The summed E-state index contributed by atoms with van der Waals surface area (Å²) in [5, 5.41) is 14.2. The average Bonchev–Trinajstić information content (AvgIpc) is 3.17. The minimum absolute atomic E-state index is 0.0517. The van der Waals surface area contributed by atoms with Crippen LogP contribution in [-0.2, 0) is 24.0 Å². The van der Waals surface area contributed by atoms with E-state index in [0.29, 0.717) is 25.8 Å². The first kappa shape index (κ1) is 24.3. The molecule has 0 aliphatic carbocycles. The fourth-order valence-electron chi connectivity index (χ4n) is 3.09. The van der Waals surface area contributed by atoms with Gasteiger partial charge in [-0.15, -0.1) is 0 Å². The van der Waals surface area contributed by atoms with Crippen molar-refractivity contribution in [1.82, 2.24) is 15.5 Å². The molecule has 1 heterocycles. The number of hydrogen-bond acceptors (Lipinski definition) is 6. The van der Waals surface area contributed by atoms with E-state index in [0.717, 1.165) is 0 Å². The van der Waals surface area contributed by atoms with E-state index in [1.807, 2.05) is 6.92 Å². The van der Waals surface area contributed by atoms with Crippen LogP contribution >= 0.6 is 0 Å². The summed E-state index contributed by atoms with van der Waals surface area (Å²) in [6, 6.07) is -2.80. The average molecular weight is 413 g/mol. The largest absolute Gasteiger partial charge is 0.480 e. The van der Waals surface area contributed by atoms with E-state index in [-0.39, 0.29) is 25.3 Å². The molecule has 1 saturated heterocycles. The second-order valence-electron chi connectivity index (χ2n) is 7.28. The molecule has 7 N–H and O–H groups in total. The predicted molar refractivity (Wildman–Crippen MR) is 103 cm³/mol. The van der Waals surface area contributed by atoms with Gasteiger partial charge in [0.05, 0.1) is 12.6 Å². The standard InChI is InChI=1S/C18H31N5O6/c1-3-10(2)15(22-16(26)11(19)6-7-13(20)24)17(27)21-9-14(25)23-8-4-5-12(23)18(28)29/h10-12,15H,3-9,19H2,1-2H3,(H2,20,24)(H,21,27)(H,22,26)(H,28,29). The van der Waals surface area contributed by atoms with E-state index in [2.05, 4.69) is 10.6 Å². The second kappa shape index (κ2) is 11.3. The number of primary amides is 1. The summed E-state index contributed by atoms with van der Waals surface area (Å²) in [4.78, 5) is 60.4. The van der Waals surface area contributed by atoms with Crippen LogP contribution in [0.4, 0.5) is 0 Å². The zero-order chi connectivity index (χ0) is 22.1. The molecule has 11 nitrogen and oxygen atoms in total. The first-order valence-corrected chi connectivity index (χ1v) is 9.72. The van der Waals surface area contributed by atoms with Crippen LogP contribution in [0.25, 0.3) is 0 Å². The molecule has 0 aromatic rings. The minimum atomic E-state index is -1.07. The molecule has 1 fully saturated rings. The number of carboxylic acid groups (broad SMARTS) is 1. The normalized spacial score (nSPS) is 19.1. The maximum absolute atomic E-state index is 12.6. The lowest BCUT2D eigenvalue weighted by atomic mass is 9.97. The van der Waals surface area contributed by atoms with Crippen molar-refractivity contribution in [1.29, 1.82) is 0 Å². The molecule has 0 radical (unpaired) electrons. The summed E-state index contributed by atoms with van der Waals surface area (Å²) in [6.07, 6.45) is 1.55. The number of nitrogens with zero attached hydrogens (tertiary/aromatic N) is 1. The highest BCUT2D eigenvalue weighted by Crippen LogP contribution is 2.17. The van der Waals surface area contributed by atoms with Crippen LogP contribution < -0.4 is 22.1 Å². The molecule has 4 unspecified atom stereocenters. The number of carboxylic acids is 1. The summed E-state index contributed by atoms with van der Waals surface area (Å²) in [6.45, 7) is 3.57. The fraction of sp³-hybridized carbons (Fsp3) is 0.722. The molecular formula is C18H31N5O6. The lowest BCUT2D eigenvalue weighted by molar-refractivity contribution is -0.148. The first-order valence-electron chi connectivity index (χ1n) is 9.72. The molecule has 0 saturated carbocycles. The number of nitrogens with one attached hydrogen (secondary N) is 2. The molecule has 29 heavy (non-hydrogen) atoms. The van der Waals surface area contributed by atoms with Gasteiger partial charge < -0.3 is 32.1 Å². The number of carbonyl (C=O) groups is 5. The van der Waals surface area contributed by atoms with Gasteiger partial charge in [0.2, 0.25) is 23.6 Å². The molecule has 0 aromatic carbocycles. The third-order valence-corrected chi connectivity index (χ3v) is 5.10. The van der Waals surface area contributed by atoms with Crippen LogP contribution in [0.5, 0.6) is 0 Å². The Morgan fingerprint density at radius 1 is 1.21 bits per heavy atom. The first-order chi connectivity index (χ1) is 13.6. The van der Waals surface area contributed by atoms with E-state index in [9.17, 15) is 24.0 Å². The van der Waals surface area contributed by atoms with Crippen molar-refractivity contribution in [2.24, 2.45) is 17.4 Å². The lowest BCUT2D eigenvalue weighted by Crippen LogP contribution is -2.55. The predicted octanol–water partition coefficient (Wildman–Crippen LogP) is -1.70. The van der Waals surface area contributed by atoms with Gasteiger partial charge in [-0.05, 0) is 25.2 Å². The molecule has 0 spiro atoms. The number of likely N-dealkylation sites (tertiary alicyclic amines) is 1. The molecule has 1 aliphatic rings. The van der Waals surface area contributed by atoms with Crippen LogP contribution in [0.15, 0.2) is 0 Å². The van der Waals surface area contributed by atoms with E-state index in [1.165, 1.54) is 4.90 Å². The summed E-state index contributed by atoms with van der Waals surface area (Å²) in [7, 11) is 0. The third kappa shape index (κ3) is 7.33. The SMILES string of the molecule is CCC(C)C(NC(=O)C(N)CCC(N)=O)C(=O)NCC(=O)N1CCCC1C(=O)O. The van der Waals surface area contributed by atoms with Crippen molar-refractivity contribution >= 4 is 29.6 Å². The van der Waals surface area contributed by atoms with Crippen LogP contribution in [0, 0.1) is 5.92 Å². The highest BCUT2D eigenvalue weighted by Gasteiger charge is 2.34. The Morgan fingerprint density at radius 3 is 2.41 bits per heavy atom. The van der Waals surface area contributed by atoms with E-state index < -0.39 is 47.7 Å². The summed E-state index contributed by atoms with van der Waals surface area (Å²) < 4.78 is 0. The minimum Gasteiger partial charge on any atom is -0.480 e. The molecule has 0 bridgehead atoms. The zero-order valence-corrected chi connectivity index (χ0v) is 16.8. The van der Waals surface area contributed by atoms with Gasteiger partial charge in [0.1, 0.15) is 12.1 Å². The number of carbonyl (C=O) groups excluding carboxylic acids is 4. The monoisotopic (exact) mass is 413 g/mol. The summed E-state index contributed by atoms with van der Waals surface area (Å²) in [5.74, 6) is -3.54. The highest BCUT2D eigenvalue weighted by molar-refractivity contribution is 5.93. The van der Waals surface area contributed by atoms with Crippen molar-refractivity contribution in [3.63, 3.8) is 0 Å². The number of aliphatic carboxylic acids is 1. The van der Waals surface area contributed by atoms with Crippen LogP contribution in [-0.4, -0.2) is 70.8 Å². The third-order valence-electron chi connectivity index (χ3n) is 5.10. The lowest BCUT2D eigenvalue weighted by Gasteiger charge is -2.26. The number of amides is 4. The molecule has 1 aliphatic heterocycles. The van der Waals surface area contributed by atoms with Crippen molar-refractivity contribution in [3.8, 4) is 0 Å². The Labute approximate surface area is 169 Å². The molecule has 4 atom stereocenters. The number of nitrogens with two attached hydrogens (primary N) is 2. The molecule has 0 aromatic heterocycles. The van der Waals surface area contributed by atoms with Crippen LogP contribution in [0.1, 0.15) is 46.0 Å². The second-order valence-corrected chi connectivity index (χ2v) is 7.28. The van der Waals surface area contributed by atoms with Gasteiger partial charge in [-0.3, -0.25) is 19.2 Å². The Balaban J connectivity index is 2.67. The van der Waals surface area contributed by atoms with E-state index in [4.69, 9.17) is 16.6 Å². The Bertz CT molecular complexity index is 640. The van der Waals surface area contributed by atoms with Gasteiger partial charge in [0, 0.05) is 13.0 Å².